The van der Waals surface area contributed by atoms with E-state index >= 15 is 0 Å². The summed E-state index contributed by atoms with van der Waals surface area (Å²) in [6.45, 7) is 2.69. The Kier molecular flexibility index (Phi) is 7.56. The van der Waals surface area contributed by atoms with Crippen LogP contribution in [0.15, 0.2) is 71.5 Å². The quantitative estimate of drug-likeness (QED) is 0.226. The van der Waals surface area contributed by atoms with Crippen molar-refractivity contribution in [2.75, 3.05) is 7.11 Å². The lowest BCUT2D eigenvalue weighted by atomic mass is 10.0. The molecule has 0 aliphatic carbocycles. The summed E-state index contributed by atoms with van der Waals surface area (Å²) in [5.74, 6) is 1.84. The van der Waals surface area contributed by atoms with Crippen LogP contribution in [-0.4, -0.2) is 21.8 Å². The number of ether oxygens (including phenoxy) is 1. The van der Waals surface area contributed by atoms with Crippen LogP contribution in [-0.2, 0) is 32.2 Å². The molecule has 0 radical (unpaired) electrons. The number of aromatic hydroxyl groups is 1. The van der Waals surface area contributed by atoms with Gasteiger partial charge in [0.05, 0.1) is 17.2 Å². The van der Waals surface area contributed by atoms with Gasteiger partial charge in [0.25, 0.3) is 5.56 Å². The number of rotatable bonds is 10. The number of fused-ring (bicyclic) bond motifs is 3. The van der Waals surface area contributed by atoms with Crippen molar-refractivity contribution in [2.45, 2.75) is 52.0 Å². The number of hydrogen-bond acceptors (Lipinski definition) is 5. The molecule has 5 aromatic rings. The first-order chi connectivity index (χ1) is 18.1. The van der Waals surface area contributed by atoms with Gasteiger partial charge in [-0.25, -0.2) is 4.98 Å². The molecule has 37 heavy (non-hydrogen) atoms. The van der Waals surface area contributed by atoms with Crippen LogP contribution in [0.3, 0.4) is 0 Å². The largest absolute Gasteiger partial charge is 0.506 e. The Balaban J connectivity index is 1.58. The predicted molar refractivity (Wildman–Crippen MR) is 152 cm³/mol. The number of phenolic OH excluding ortho intramolecular Hbond substituents is 1. The van der Waals surface area contributed by atoms with E-state index in [2.05, 4.69) is 25.1 Å². The number of benzene rings is 3. The van der Waals surface area contributed by atoms with Crippen LogP contribution in [0.1, 0.15) is 42.3 Å². The number of nitrogens with zero attached hydrogens (tertiary/aromatic N) is 2. The maximum Gasteiger partial charge on any atom is 0.262 e. The Bertz CT molecular complexity index is 1570. The summed E-state index contributed by atoms with van der Waals surface area (Å²) >= 11 is 1.41. The third kappa shape index (κ3) is 5.39. The molecule has 190 valence electrons. The molecule has 0 aliphatic heterocycles. The summed E-state index contributed by atoms with van der Waals surface area (Å²) in [7, 11) is 1.66. The maximum atomic E-state index is 14.0. The Hall–Kier alpha value is -3.64. The van der Waals surface area contributed by atoms with Crippen LogP contribution in [0.5, 0.6) is 11.5 Å². The highest BCUT2D eigenvalue weighted by Crippen LogP contribution is 2.38. The average molecular weight is 513 g/mol. The zero-order valence-corrected chi connectivity index (χ0v) is 22.2. The molecular weight excluding hydrogens is 480 g/mol. The molecule has 0 bridgehead atoms. The highest BCUT2D eigenvalue weighted by molar-refractivity contribution is 7.25. The lowest BCUT2D eigenvalue weighted by Crippen LogP contribution is -2.26. The number of unbranched alkanes of at least 4 members (excludes halogenated alkanes) is 1. The van der Waals surface area contributed by atoms with Gasteiger partial charge in [0.15, 0.2) is 0 Å². The maximum absolute atomic E-state index is 14.0. The molecule has 0 saturated carbocycles. The summed E-state index contributed by atoms with van der Waals surface area (Å²) in [6.07, 6.45) is 5.18. The summed E-state index contributed by atoms with van der Waals surface area (Å²) in [6, 6.07) is 22.2. The normalized spacial score (nSPS) is 11.4. The third-order valence-corrected chi connectivity index (χ3v) is 8.02. The molecule has 0 atom stereocenters. The van der Waals surface area contributed by atoms with Gasteiger partial charge in [0.2, 0.25) is 0 Å². The molecule has 1 N–H and O–H groups in total. The molecule has 5 nitrogen and oxygen atoms in total. The molecule has 0 amide bonds. The molecule has 5 rings (SSSR count). The molecule has 0 fully saturated rings. The minimum atomic E-state index is -0.0279. The smallest absolute Gasteiger partial charge is 0.262 e. The van der Waals surface area contributed by atoms with Crippen molar-refractivity contribution in [3.05, 3.63) is 99.6 Å². The van der Waals surface area contributed by atoms with Gasteiger partial charge >= 0.3 is 0 Å². The molecule has 2 aromatic heterocycles. The number of thiophene rings is 1. The van der Waals surface area contributed by atoms with Gasteiger partial charge in [0.1, 0.15) is 22.2 Å². The summed E-state index contributed by atoms with van der Waals surface area (Å²) in [4.78, 5) is 19.7. The van der Waals surface area contributed by atoms with Crippen LogP contribution in [0.4, 0.5) is 0 Å². The van der Waals surface area contributed by atoms with Crippen molar-refractivity contribution in [1.29, 1.82) is 0 Å². The summed E-state index contributed by atoms with van der Waals surface area (Å²) < 4.78 is 7.87. The van der Waals surface area contributed by atoms with E-state index in [0.717, 1.165) is 58.5 Å². The molecule has 2 heterocycles. The van der Waals surface area contributed by atoms with Gasteiger partial charge in [-0.2, -0.15) is 0 Å². The van der Waals surface area contributed by atoms with Gasteiger partial charge in [-0.15, -0.1) is 11.3 Å². The molecule has 0 saturated heterocycles. The number of aromatic nitrogens is 2. The van der Waals surface area contributed by atoms with Gasteiger partial charge in [0, 0.05) is 18.4 Å². The molecule has 6 heteroatoms. The number of aryl methyl sites for hydroxylation is 4. The lowest BCUT2D eigenvalue weighted by Gasteiger charge is -2.13. The van der Waals surface area contributed by atoms with E-state index < -0.39 is 0 Å². The van der Waals surface area contributed by atoms with Crippen LogP contribution in [0.2, 0.25) is 0 Å². The second-order valence-corrected chi connectivity index (χ2v) is 10.4. The van der Waals surface area contributed by atoms with Crippen LogP contribution in [0, 0.1) is 0 Å². The fourth-order valence-corrected chi connectivity index (χ4v) is 5.90. The zero-order valence-electron chi connectivity index (χ0n) is 21.4. The van der Waals surface area contributed by atoms with E-state index in [1.807, 2.05) is 53.1 Å². The van der Waals surface area contributed by atoms with Gasteiger partial charge in [-0.05, 0) is 66.6 Å². The molecule has 3 aromatic carbocycles. The second-order valence-electron chi connectivity index (χ2n) is 9.45. The first-order valence-electron chi connectivity index (χ1n) is 12.9. The Morgan fingerprint density at radius 2 is 1.68 bits per heavy atom. The monoisotopic (exact) mass is 512 g/mol. The summed E-state index contributed by atoms with van der Waals surface area (Å²) in [5.41, 5.74) is 3.38. The second kappa shape index (κ2) is 11.2. The van der Waals surface area contributed by atoms with E-state index in [4.69, 9.17) is 9.72 Å². The topological polar surface area (TPSA) is 64.3 Å². The number of hydrogen-bond donors (Lipinski definition) is 1. The zero-order chi connectivity index (χ0) is 25.8. The van der Waals surface area contributed by atoms with E-state index in [1.165, 1.54) is 16.9 Å². The van der Waals surface area contributed by atoms with Crippen LogP contribution in [0.25, 0.3) is 20.3 Å². The SMILES string of the molecule is CCCCc1cc(O)c2sc3nc(CCc4ccccc4)n(CCc4ccc(OC)cc4)c(=O)c3c2c1. The van der Waals surface area contributed by atoms with Crippen LogP contribution < -0.4 is 10.3 Å². The average Bonchev–Trinajstić information content (AvgIpc) is 3.30. The van der Waals surface area contributed by atoms with Crippen molar-refractivity contribution in [3.8, 4) is 11.5 Å². The first kappa shape index (κ1) is 25.0. The van der Waals surface area contributed by atoms with Crippen molar-refractivity contribution in [2.24, 2.45) is 0 Å². The third-order valence-electron chi connectivity index (χ3n) is 6.89. The van der Waals surface area contributed by atoms with E-state index in [1.54, 1.807) is 7.11 Å². The van der Waals surface area contributed by atoms with Crippen LogP contribution >= 0.6 is 11.3 Å². The fraction of sp³-hybridized carbons (Fsp3) is 0.290. The number of methoxy groups -OCH3 is 1. The minimum Gasteiger partial charge on any atom is -0.506 e. The lowest BCUT2D eigenvalue weighted by molar-refractivity contribution is 0.414. The van der Waals surface area contributed by atoms with Gasteiger partial charge < -0.3 is 9.84 Å². The Morgan fingerprint density at radius 1 is 0.919 bits per heavy atom. The van der Waals surface area contributed by atoms with Crippen molar-refractivity contribution in [1.82, 2.24) is 9.55 Å². The molecule has 0 unspecified atom stereocenters. The first-order valence-corrected chi connectivity index (χ1v) is 13.7. The summed E-state index contributed by atoms with van der Waals surface area (Å²) in [5, 5.41) is 12.2. The number of phenols is 1. The highest BCUT2D eigenvalue weighted by Gasteiger charge is 2.19. The predicted octanol–water partition coefficient (Wildman–Crippen LogP) is 6.70. The molecule has 0 aliphatic rings. The van der Waals surface area contributed by atoms with E-state index in [-0.39, 0.29) is 11.3 Å². The standard InChI is InChI=1S/C31H32N2O3S/c1-3-4-8-23-19-25-28-30(37-29(25)26(34)20-23)32-27(16-13-21-9-6-5-7-10-21)33(31(28)35)18-17-22-11-14-24(36-2)15-12-22/h5-7,9-12,14-15,19-20,34H,3-4,8,13,16-18H2,1-2H3. The Morgan fingerprint density at radius 3 is 2.41 bits per heavy atom. The minimum absolute atomic E-state index is 0.0279. The highest BCUT2D eigenvalue weighted by atomic mass is 32.1. The molecular formula is C31H32N2O3S. The molecule has 0 spiro atoms. The fourth-order valence-electron chi connectivity index (χ4n) is 4.82. The van der Waals surface area contributed by atoms with Crippen molar-refractivity contribution in [3.63, 3.8) is 0 Å². The van der Waals surface area contributed by atoms with Crippen molar-refractivity contribution < 1.29 is 9.84 Å². The van der Waals surface area contributed by atoms with Crippen molar-refractivity contribution >= 4 is 31.6 Å². The van der Waals surface area contributed by atoms with Gasteiger partial charge in [-0.3, -0.25) is 9.36 Å². The van der Waals surface area contributed by atoms with Gasteiger partial charge in [-0.1, -0.05) is 55.8 Å². The Labute approximate surface area is 221 Å². The van der Waals surface area contributed by atoms with E-state index in [9.17, 15) is 9.90 Å². The van der Waals surface area contributed by atoms with E-state index in [0.29, 0.717) is 29.6 Å².